The largest absolute Gasteiger partial charge is 0.338 e. The molecule has 3 aromatic rings. The summed E-state index contributed by atoms with van der Waals surface area (Å²) in [6, 6.07) is 15.0. The van der Waals surface area contributed by atoms with E-state index >= 15 is 0 Å². The Bertz CT molecular complexity index is 951. The van der Waals surface area contributed by atoms with Crippen molar-refractivity contribution < 1.29 is 4.79 Å². The molecule has 0 aliphatic heterocycles. The molecule has 0 aliphatic rings. The molecule has 0 bridgehead atoms. The molecule has 1 amide bonds. The van der Waals surface area contributed by atoms with Crippen molar-refractivity contribution in [3.63, 3.8) is 0 Å². The van der Waals surface area contributed by atoms with E-state index in [1.54, 1.807) is 12.3 Å². The summed E-state index contributed by atoms with van der Waals surface area (Å²) in [5, 5.41) is 3.70. The molecule has 0 fully saturated rings. The van der Waals surface area contributed by atoms with Crippen LogP contribution in [0.15, 0.2) is 59.5 Å². The normalized spacial score (nSPS) is 10.8. The molecule has 0 saturated heterocycles. The molecular formula is C21H22N2O2. The number of nitrogens with zero attached hydrogens (tertiary/aromatic N) is 1. The number of nitrogens with one attached hydrogen (secondary N) is 1. The summed E-state index contributed by atoms with van der Waals surface area (Å²) in [6.07, 6.45) is 3.41. The zero-order valence-corrected chi connectivity index (χ0v) is 14.6. The highest BCUT2D eigenvalue weighted by Gasteiger charge is 2.11. The first-order valence-electron chi connectivity index (χ1n) is 8.62. The van der Waals surface area contributed by atoms with Crippen molar-refractivity contribution in [1.29, 1.82) is 0 Å². The first kappa shape index (κ1) is 17.0. The smallest absolute Gasteiger partial charge is 0.244 e. The molecule has 25 heavy (non-hydrogen) atoms. The van der Waals surface area contributed by atoms with E-state index in [4.69, 9.17) is 0 Å². The molecule has 0 aliphatic carbocycles. The van der Waals surface area contributed by atoms with E-state index in [9.17, 15) is 9.59 Å². The Kier molecular flexibility index (Phi) is 4.98. The van der Waals surface area contributed by atoms with E-state index in [0.717, 1.165) is 35.2 Å². The van der Waals surface area contributed by atoms with E-state index in [2.05, 4.69) is 19.2 Å². The van der Waals surface area contributed by atoms with Crippen molar-refractivity contribution >= 4 is 22.5 Å². The zero-order valence-electron chi connectivity index (χ0n) is 14.6. The summed E-state index contributed by atoms with van der Waals surface area (Å²) in [5.41, 5.74) is 3.93. The SMILES string of the molecule is CCc1cccc(CC)c1NC(=O)Cn1ccc(=O)c2ccccc21. The van der Waals surface area contributed by atoms with Crippen LogP contribution in [-0.4, -0.2) is 10.5 Å². The van der Waals surface area contributed by atoms with Crippen LogP contribution in [0.5, 0.6) is 0 Å². The predicted molar refractivity (Wildman–Crippen MR) is 102 cm³/mol. The molecule has 2 aromatic carbocycles. The first-order valence-corrected chi connectivity index (χ1v) is 8.62. The maximum absolute atomic E-state index is 12.6. The number of aryl methyl sites for hydroxylation is 2. The molecule has 1 heterocycles. The number of hydrogen-bond acceptors (Lipinski definition) is 2. The van der Waals surface area contributed by atoms with Crippen molar-refractivity contribution in [1.82, 2.24) is 4.57 Å². The Morgan fingerprint density at radius 1 is 0.960 bits per heavy atom. The van der Waals surface area contributed by atoms with Crippen LogP contribution in [0.3, 0.4) is 0 Å². The zero-order chi connectivity index (χ0) is 17.8. The van der Waals surface area contributed by atoms with Gasteiger partial charge in [-0.25, -0.2) is 0 Å². The molecule has 4 heteroatoms. The van der Waals surface area contributed by atoms with E-state index in [1.807, 2.05) is 41.0 Å². The third-order valence-electron chi connectivity index (χ3n) is 4.46. The molecule has 0 radical (unpaired) electrons. The van der Waals surface area contributed by atoms with Crippen molar-refractivity contribution in [2.24, 2.45) is 0 Å². The summed E-state index contributed by atoms with van der Waals surface area (Å²) in [7, 11) is 0. The topological polar surface area (TPSA) is 51.1 Å². The highest BCUT2D eigenvalue weighted by molar-refractivity contribution is 5.93. The van der Waals surface area contributed by atoms with E-state index < -0.39 is 0 Å². The Balaban J connectivity index is 1.90. The molecule has 3 rings (SSSR count). The van der Waals surface area contributed by atoms with Crippen molar-refractivity contribution in [2.45, 2.75) is 33.2 Å². The van der Waals surface area contributed by atoms with Crippen molar-refractivity contribution in [3.05, 3.63) is 76.1 Å². The lowest BCUT2D eigenvalue weighted by Gasteiger charge is -2.16. The predicted octanol–water partition coefficient (Wildman–Crippen LogP) is 3.77. The Morgan fingerprint density at radius 3 is 2.32 bits per heavy atom. The Morgan fingerprint density at radius 2 is 1.64 bits per heavy atom. The van der Waals surface area contributed by atoms with Gasteiger partial charge in [0.25, 0.3) is 0 Å². The lowest BCUT2D eigenvalue weighted by molar-refractivity contribution is -0.116. The summed E-state index contributed by atoms with van der Waals surface area (Å²) in [4.78, 5) is 24.6. The van der Waals surface area contributed by atoms with Gasteiger partial charge < -0.3 is 9.88 Å². The fraction of sp³-hybridized carbons (Fsp3) is 0.238. The van der Waals surface area contributed by atoms with Gasteiger partial charge in [0.2, 0.25) is 5.91 Å². The van der Waals surface area contributed by atoms with Crippen LogP contribution in [0.4, 0.5) is 5.69 Å². The summed E-state index contributed by atoms with van der Waals surface area (Å²) < 4.78 is 1.81. The number of amides is 1. The third-order valence-corrected chi connectivity index (χ3v) is 4.46. The third kappa shape index (κ3) is 3.48. The van der Waals surface area contributed by atoms with Crippen LogP contribution in [0.2, 0.25) is 0 Å². The summed E-state index contributed by atoms with van der Waals surface area (Å²) >= 11 is 0. The van der Waals surface area contributed by atoms with Gasteiger partial charge in [-0.3, -0.25) is 9.59 Å². The highest BCUT2D eigenvalue weighted by atomic mass is 16.2. The number of rotatable bonds is 5. The van der Waals surface area contributed by atoms with Gasteiger partial charge >= 0.3 is 0 Å². The number of aromatic nitrogens is 1. The number of carbonyl (C=O) groups excluding carboxylic acids is 1. The average molecular weight is 334 g/mol. The number of benzene rings is 2. The van der Waals surface area contributed by atoms with Gasteiger partial charge in [-0.1, -0.05) is 44.2 Å². The molecule has 1 N–H and O–H groups in total. The first-order chi connectivity index (χ1) is 12.1. The van der Waals surface area contributed by atoms with Gasteiger partial charge in [-0.2, -0.15) is 0 Å². The lowest BCUT2D eigenvalue weighted by Crippen LogP contribution is -2.21. The van der Waals surface area contributed by atoms with Crippen molar-refractivity contribution in [2.75, 3.05) is 5.32 Å². The fourth-order valence-corrected chi connectivity index (χ4v) is 3.13. The lowest BCUT2D eigenvalue weighted by atomic mass is 10.0. The Hall–Kier alpha value is -2.88. The van der Waals surface area contributed by atoms with Gasteiger partial charge in [0.1, 0.15) is 6.54 Å². The van der Waals surface area contributed by atoms with E-state index in [0.29, 0.717) is 5.39 Å². The van der Waals surface area contributed by atoms with Gasteiger partial charge in [0.15, 0.2) is 5.43 Å². The minimum atomic E-state index is -0.0931. The van der Waals surface area contributed by atoms with Gasteiger partial charge in [-0.05, 0) is 36.1 Å². The Labute approximate surface area is 147 Å². The van der Waals surface area contributed by atoms with Gasteiger partial charge in [0, 0.05) is 23.3 Å². The second kappa shape index (κ2) is 7.34. The summed E-state index contributed by atoms with van der Waals surface area (Å²) in [5.74, 6) is -0.0931. The minimum absolute atomic E-state index is 0.0307. The minimum Gasteiger partial charge on any atom is -0.338 e. The molecule has 0 spiro atoms. The fourth-order valence-electron chi connectivity index (χ4n) is 3.13. The maximum Gasteiger partial charge on any atom is 0.244 e. The molecular weight excluding hydrogens is 312 g/mol. The molecule has 0 unspecified atom stereocenters. The molecule has 0 atom stereocenters. The van der Waals surface area contributed by atoms with Crippen LogP contribution in [0, 0.1) is 0 Å². The van der Waals surface area contributed by atoms with Gasteiger partial charge in [-0.15, -0.1) is 0 Å². The second-order valence-corrected chi connectivity index (χ2v) is 6.03. The number of hydrogen-bond donors (Lipinski definition) is 1. The monoisotopic (exact) mass is 334 g/mol. The molecule has 1 aromatic heterocycles. The van der Waals surface area contributed by atoms with Crippen LogP contribution in [-0.2, 0) is 24.2 Å². The number of carbonyl (C=O) groups is 1. The van der Waals surface area contributed by atoms with Gasteiger partial charge in [0.05, 0.1) is 5.52 Å². The van der Waals surface area contributed by atoms with Crippen LogP contribution >= 0.6 is 0 Å². The quantitative estimate of drug-likeness (QED) is 0.772. The number of anilines is 1. The second-order valence-electron chi connectivity index (χ2n) is 6.03. The molecule has 0 saturated carbocycles. The highest BCUT2D eigenvalue weighted by Crippen LogP contribution is 2.22. The van der Waals surface area contributed by atoms with E-state index in [1.165, 1.54) is 6.07 Å². The summed E-state index contributed by atoms with van der Waals surface area (Å²) in [6.45, 7) is 4.33. The van der Waals surface area contributed by atoms with E-state index in [-0.39, 0.29) is 17.9 Å². The maximum atomic E-state index is 12.6. The van der Waals surface area contributed by atoms with Crippen molar-refractivity contribution in [3.8, 4) is 0 Å². The van der Waals surface area contributed by atoms with Crippen LogP contribution < -0.4 is 10.7 Å². The van der Waals surface area contributed by atoms with Crippen LogP contribution in [0.1, 0.15) is 25.0 Å². The number of fused-ring (bicyclic) bond motifs is 1. The molecule has 128 valence electrons. The molecule has 4 nitrogen and oxygen atoms in total. The average Bonchev–Trinajstić information content (AvgIpc) is 2.64. The number of para-hydroxylation sites is 2. The van der Waals surface area contributed by atoms with Crippen LogP contribution in [0.25, 0.3) is 10.9 Å². The standard InChI is InChI=1S/C21H22N2O2/c1-3-15-8-7-9-16(4-2)21(15)22-20(25)14-23-13-12-19(24)17-10-5-6-11-18(17)23/h5-13H,3-4,14H2,1-2H3,(H,22,25). The number of pyridine rings is 1.